The van der Waals surface area contributed by atoms with Crippen LogP contribution in [0, 0.1) is 5.41 Å². The van der Waals surface area contributed by atoms with Gasteiger partial charge < -0.3 is 15.2 Å². The average molecular weight is 258 g/mol. The van der Waals surface area contributed by atoms with Gasteiger partial charge in [-0.25, -0.2) is 0 Å². The van der Waals surface area contributed by atoms with Crippen LogP contribution in [0.3, 0.4) is 0 Å². The van der Waals surface area contributed by atoms with Crippen LogP contribution in [0.15, 0.2) is 0 Å². The monoisotopic (exact) mass is 258 g/mol. The van der Waals surface area contributed by atoms with E-state index in [2.05, 4.69) is 18.7 Å². The summed E-state index contributed by atoms with van der Waals surface area (Å²) in [6.07, 6.45) is 0.642. The molecule has 0 saturated carbocycles. The van der Waals surface area contributed by atoms with Crippen LogP contribution in [-0.2, 0) is 14.3 Å². The number of rotatable bonds is 6. The zero-order valence-electron chi connectivity index (χ0n) is 11.8. The van der Waals surface area contributed by atoms with Gasteiger partial charge in [0.05, 0.1) is 19.8 Å². The standard InChI is InChI=1S/C13H26N2O3/c1-4-18-12(16)11(14)9-13(2,3)10-15-5-7-17-8-6-15/h11H,4-10,14H2,1-3H3. The summed E-state index contributed by atoms with van der Waals surface area (Å²) in [5.74, 6) is -0.299. The van der Waals surface area contributed by atoms with Crippen LogP contribution in [-0.4, -0.2) is 56.4 Å². The Balaban J connectivity index is 2.39. The summed E-state index contributed by atoms with van der Waals surface area (Å²) in [6, 6.07) is -0.527. The van der Waals surface area contributed by atoms with E-state index in [1.54, 1.807) is 6.92 Å². The highest BCUT2D eigenvalue weighted by molar-refractivity contribution is 5.75. The van der Waals surface area contributed by atoms with E-state index in [9.17, 15) is 4.79 Å². The Morgan fingerprint density at radius 2 is 2.06 bits per heavy atom. The Kier molecular flexibility index (Phi) is 6.05. The summed E-state index contributed by atoms with van der Waals surface area (Å²) >= 11 is 0. The zero-order valence-corrected chi connectivity index (χ0v) is 11.8. The highest BCUT2D eigenvalue weighted by Gasteiger charge is 2.28. The number of carbonyl (C=O) groups excluding carboxylic acids is 1. The van der Waals surface area contributed by atoms with Crippen LogP contribution in [0.2, 0.25) is 0 Å². The molecule has 5 heteroatoms. The van der Waals surface area contributed by atoms with Gasteiger partial charge in [-0.15, -0.1) is 0 Å². The number of hydrogen-bond acceptors (Lipinski definition) is 5. The van der Waals surface area contributed by atoms with Gasteiger partial charge in [-0.2, -0.15) is 0 Å². The maximum Gasteiger partial charge on any atom is 0.322 e. The maximum absolute atomic E-state index is 11.5. The first-order chi connectivity index (χ1) is 8.44. The second-order valence-electron chi connectivity index (χ2n) is 5.62. The van der Waals surface area contributed by atoms with E-state index >= 15 is 0 Å². The summed E-state index contributed by atoms with van der Waals surface area (Å²) in [6.45, 7) is 10.9. The molecule has 1 heterocycles. The minimum atomic E-state index is -0.527. The van der Waals surface area contributed by atoms with Gasteiger partial charge in [0.2, 0.25) is 0 Å². The molecule has 5 nitrogen and oxygen atoms in total. The minimum Gasteiger partial charge on any atom is -0.465 e. The van der Waals surface area contributed by atoms with Gasteiger partial charge in [0.1, 0.15) is 6.04 Å². The van der Waals surface area contributed by atoms with Crippen LogP contribution in [0.5, 0.6) is 0 Å². The van der Waals surface area contributed by atoms with Crippen LogP contribution < -0.4 is 5.73 Å². The Hall–Kier alpha value is -0.650. The minimum absolute atomic E-state index is 0.00349. The predicted octanol–water partition coefficient (Wildman–Crippen LogP) is 0.625. The second-order valence-corrected chi connectivity index (χ2v) is 5.62. The van der Waals surface area contributed by atoms with Crippen molar-refractivity contribution >= 4 is 5.97 Å². The topological polar surface area (TPSA) is 64.8 Å². The Bertz CT molecular complexity index is 263. The number of morpholine rings is 1. The summed E-state index contributed by atoms with van der Waals surface area (Å²) in [5.41, 5.74) is 5.88. The number of nitrogens with two attached hydrogens (primary N) is 1. The number of hydrogen-bond donors (Lipinski definition) is 1. The molecule has 1 aliphatic heterocycles. The molecule has 1 fully saturated rings. The molecule has 0 radical (unpaired) electrons. The highest BCUT2D eigenvalue weighted by atomic mass is 16.5. The number of carbonyl (C=O) groups is 1. The number of esters is 1. The average Bonchev–Trinajstić information content (AvgIpc) is 2.29. The van der Waals surface area contributed by atoms with E-state index in [0.29, 0.717) is 13.0 Å². The van der Waals surface area contributed by atoms with Crippen LogP contribution >= 0.6 is 0 Å². The molecule has 0 aromatic heterocycles. The third-order valence-corrected chi connectivity index (χ3v) is 3.12. The second kappa shape index (κ2) is 7.07. The lowest BCUT2D eigenvalue weighted by atomic mass is 9.85. The highest BCUT2D eigenvalue weighted by Crippen LogP contribution is 2.24. The van der Waals surface area contributed by atoms with E-state index < -0.39 is 6.04 Å². The lowest BCUT2D eigenvalue weighted by Crippen LogP contribution is -2.45. The van der Waals surface area contributed by atoms with Gasteiger partial charge >= 0.3 is 5.97 Å². The molecule has 18 heavy (non-hydrogen) atoms. The van der Waals surface area contributed by atoms with Crippen LogP contribution in [0.4, 0.5) is 0 Å². The van der Waals surface area contributed by atoms with Crippen molar-refractivity contribution in [3.63, 3.8) is 0 Å². The molecular formula is C13H26N2O3. The lowest BCUT2D eigenvalue weighted by molar-refractivity contribution is -0.145. The molecule has 0 aromatic rings. The fraction of sp³-hybridized carbons (Fsp3) is 0.923. The first-order valence-corrected chi connectivity index (χ1v) is 6.67. The molecule has 106 valence electrons. The molecule has 0 aromatic carbocycles. The molecule has 1 unspecified atom stereocenters. The molecular weight excluding hydrogens is 232 g/mol. The smallest absolute Gasteiger partial charge is 0.322 e. The van der Waals surface area contributed by atoms with E-state index in [4.69, 9.17) is 15.2 Å². The molecule has 1 atom stereocenters. The maximum atomic E-state index is 11.5. The Morgan fingerprint density at radius 3 is 2.61 bits per heavy atom. The van der Waals surface area contributed by atoms with Crippen LogP contribution in [0.1, 0.15) is 27.2 Å². The molecule has 0 aliphatic carbocycles. The summed E-state index contributed by atoms with van der Waals surface area (Å²) < 4.78 is 10.3. The predicted molar refractivity (Wildman–Crippen MR) is 70.3 cm³/mol. The van der Waals surface area contributed by atoms with Crippen molar-refractivity contribution in [3.05, 3.63) is 0 Å². The SMILES string of the molecule is CCOC(=O)C(N)CC(C)(C)CN1CCOCC1. The summed E-state index contributed by atoms with van der Waals surface area (Å²) in [5, 5.41) is 0. The van der Waals surface area contributed by atoms with E-state index in [0.717, 1.165) is 32.8 Å². The fourth-order valence-corrected chi connectivity index (χ4v) is 2.36. The van der Waals surface area contributed by atoms with Crippen molar-refractivity contribution in [1.29, 1.82) is 0 Å². The largest absolute Gasteiger partial charge is 0.465 e. The van der Waals surface area contributed by atoms with Crippen molar-refractivity contribution in [2.75, 3.05) is 39.5 Å². The molecule has 1 aliphatic rings. The molecule has 1 rings (SSSR count). The fourth-order valence-electron chi connectivity index (χ4n) is 2.36. The van der Waals surface area contributed by atoms with Crippen molar-refractivity contribution in [2.24, 2.45) is 11.1 Å². The molecule has 0 spiro atoms. The third-order valence-electron chi connectivity index (χ3n) is 3.12. The summed E-state index contributed by atoms with van der Waals surface area (Å²) in [4.78, 5) is 13.9. The van der Waals surface area contributed by atoms with Gasteiger partial charge in [-0.05, 0) is 18.8 Å². The zero-order chi connectivity index (χ0) is 13.6. The van der Waals surface area contributed by atoms with Crippen LogP contribution in [0.25, 0.3) is 0 Å². The van der Waals surface area contributed by atoms with Gasteiger partial charge in [0, 0.05) is 19.6 Å². The number of ether oxygens (including phenoxy) is 2. The first kappa shape index (κ1) is 15.4. The van der Waals surface area contributed by atoms with E-state index in [1.807, 2.05) is 0 Å². The Morgan fingerprint density at radius 1 is 1.44 bits per heavy atom. The van der Waals surface area contributed by atoms with E-state index in [1.165, 1.54) is 0 Å². The van der Waals surface area contributed by atoms with Crippen molar-refractivity contribution in [3.8, 4) is 0 Å². The molecule has 2 N–H and O–H groups in total. The Labute approximate surface area is 110 Å². The van der Waals surface area contributed by atoms with Gasteiger partial charge in [0.25, 0.3) is 0 Å². The summed E-state index contributed by atoms with van der Waals surface area (Å²) in [7, 11) is 0. The van der Waals surface area contributed by atoms with Crippen molar-refractivity contribution < 1.29 is 14.3 Å². The quantitative estimate of drug-likeness (QED) is 0.708. The molecule has 1 saturated heterocycles. The molecule has 0 bridgehead atoms. The van der Waals surface area contributed by atoms with Crippen molar-refractivity contribution in [1.82, 2.24) is 4.90 Å². The normalized spacial score (nSPS) is 19.6. The van der Waals surface area contributed by atoms with E-state index in [-0.39, 0.29) is 11.4 Å². The lowest BCUT2D eigenvalue weighted by Gasteiger charge is -2.35. The van der Waals surface area contributed by atoms with Gasteiger partial charge in [-0.3, -0.25) is 9.69 Å². The molecule has 0 amide bonds. The van der Waals surface area contributed by atoms with Gasteiger partial charge in [-0.1, -0.05) is 13.8 Å². The third kappa shape index (κ3) is 5.33. The first-order valence-electron chi connectivity index (χ1n) is 6.67. The van der Waals surface area contributed by atoms with Gasteiger partial charge in [0.15, 0.2) is 0 Å². The van der Waals surface area contributed by atoms with Crippen molar-refractivity contribution in [2.45, 2.75) is 33.2 Å². The number of nitrogens with zero attached hydrogens (tertiary/aromatic N) is 1.